The fraction of sp³-hybridized carbons (Fsp3) is 0.533. The number of aryl methyl sites for hydroxylation is 2. The van der Waals surface area contributed by atoms with Crippen molar-refractivity contribution in [3.05, 3.63) is 29.3 Å². The molecule has 4 rings (SSSR count). The maximum atomic E-state index is 12.5. The highest BCUT2D eigenvalue weighted by atomic mass is 16.5. The molecule has 2 aromatic rings. The topological polar surface area (TPSA) is 94.1 Å². The predicted molar refractivity (Wildman–Crippen MR) is 80.3 cm³/mol. The van der Waals surface area contributed by atoms with E-state index in [2.05, 4.69) is 20.6 Å². The van der Waals surface area contributed by atoms with Gasteiger partial charge in [-0.1, -0.05) is 0 Å². The number of nitrogens with zero attached hydrogens (tertiary/aromatic N) is 3. The first kappa shape index (κ1) is 14.3. The van der Waals surface area contributed by atoms with Gasteiger partial charge in [-0.3, -0.25) is 14.6 Å². The van der Waals surface area contributed by atoms with Crippen LogP contribution in [0.3, 0.4) is 0 Å². The molecule has 0 bridgehead atoms. The van der Waals surface area contributed by atoms with Gasteiger partial charge in [0.05, 0.1) is 31.6 Å². The number of hydrogen-bond donors (Lipinski definition) is 2. The van der Waals surface area contributed by atoms with E-state index < -0.39 is 0 Å². The Morgan fingerprint density at radius 3 is 3.22 bits per heavy atom. The van der Waals surface area contributed by atoms with Crippen LogP contribution < -0.4 is 10.1 Å². The Balaban J connectivity index is 1.43. The van der Waals surface area contributed by atoms with Crippen molar-refractivity contribution in [2.75, 3.05) is 13.2 Å². The molecule has 3 heterocycles. The standard InChI is InChI=1S/C15H19N5O3/c1-20-6-9(5-16-20)23-13-8-22-7-12(13)17-15(21)14-10-3-2-4-11(10)18-19-14/h5-6,12-13H,2-4,7-8H2,1H3,(H,17,21)(H,18,19)/t12-,13+/m0/s1. The lowest BCUT2D eigenvalue weighted by molar-refractivity contribution is 0.0898. The Morgan fingerprint density at radius 1 is 1.48 bits per heavy atom. The molecule has 0 aromatic carbocycles. The number of rotatable bonds is 4. The number of nitrogens with one attached hydrogen (secondary N) is 2. The van der Waals surface area contributed by atoms with Crippen LogP contribution in [0, 0.1) is 0 Å². The van der Waals surface area contributed by atoms with Crippen LogP contribution in [0.4, 0.5) is 0 Å². The third-order valence-electron chi connectivity index (χ3n) is 4.33. The first-order valence-corrected chi connectivity index (χ1v) is 7.81. The minimum atomic E-state index is -0.227. The van der Waals surface area contributed by atoms with Gasteiger partial charge in [-0.25, -0.2) is 0 Å². The summed E-state index contributed by atoms with van der Waals surface area (Å²) in [5, 5.41) is 14.2. The molecule has 2 N–H and O–H groups in total. The van der Waals surface area contributed by atoms with Crippen LogP contribution in [0.25, 0.3) is 0 Å². The van der Waals surface area contributed by atoms with Gasteiger partial charge in [-0.15, -0.1) is 0 Å². The van der Waals surface area contributed by atoms with Gasteiger partial charge in [0.2, 0.25) is 0 Å². The summed E-state index contributed by atoms with van der Waals surface area (Å²) in [6.45, 7) is 0.877. The molecule has 1 fully saturated rings. The summed E-state index contributed by atoms with van der Waals surface area (Å²) in [5.41, 5.74) is 2.64. The Morgan fingerprint density at radius 2 is 2.39 bits per heavy atom. The van der Waals surface area contributed by atoms with Gasteiger partial charge in [-0.2, -0.15) is 10.2 Å². The van der Waals surface area contributed by atoms with Crippen molar-refractivity contribution in [1.82, 2.24) is 25.3 Å². The second-order valence-electron chi connectivity index (χ2n) is 6.01. The number of ether oxygens (including phenoxy) is 2. The Hall–Kier alpha value is -2.35. The van der Waals surface area contributed by atoms with Crippen molar-refractivity contribution in [2.45, 2.75) is 31.4 Å². The molecule has 2 aromatic heterocycles. The van der Waals surface area contributed by atoms with E-state index in [1.807, 2.05) is 7.05 Å². The van der Waals surface area contributed by atoms with Gasteiger partial charge < -0.3 is 14.8 Å². The van der Waals surface area contributed by atoms with E-state index in [1.165, 1.54) is 0 Å². The number of fused-ring (bicyclic) bond motifs is 1. The van der Waals surface area contributed by atoms with Gasteiger partial charge in [-0.05, 0) is 19.3 Å². The third kappa shape index (κ3) is 2.70. The Labute approximate surface area is 133 Å². The summed E-state index contributed by atoms with van der Waals surface area (Å²) in [7, 11) is 1.83. The van der Waals surface area contributed by atoms with Gasteiger partial charge >= 0.3 is 0 Å². The monoisotopic (exact) mass is 317 g/mol. The van der Waals surface area contributed by atoms with Gasteiger partial charge in [0.15, 0.2) is 11.4 Å². The average Bonchev–Trinajstić information content (AvgIpc) is 3.25. The minimum absolute atomic E-state index is 0.167. The van der Waals surface area contributed by atoms with Crippen molar-refractivity contribution >= 4 is 5.91 Å². The lowest BCUT2D eigenvalue weighted by atomic mass is 10.1. The molecule has 8 nitrogen and oxygen atoms in total. The number of carbonyl (C=O) groups excluding carboxylic acids is 1. The maximum absolute atomic E-state index is 12.5. The summed E-state index contributed by atoms with van der Waals surface area (Å²) in [6.07, 6.45) is 6.16. The second kappa shape index (κ2) is 5.69. The summed E-state index contributed by atoms with van der Waals surface area (Å²) < 4.78 is 13.0. The smallest absolute Gasteiger partial charge is 0.272 e. The molecular weight excluding hydrogens is 298 g/mol. The highest BCUT2D eigenvalue weighted by Crippen LogP contribution is 2.23. The summed E-state index contributed by atoms with van der Waals surface area (Å²) >= 11 is 0. The minimum Gasteiger partial charge on any atom is -0.482 e. The van der Waals surface area contributed by atoms with E-state index in [4.69, 9.17) is 9.47 Å². The molecule has 1 amide bonds. The van der Waals surface area contributed by atoms with Crippen molar-refractivity contribution in [3.63, 3.8) is 0 Å². The normalized spacial score (nSPS) is 23.0. The van der Waals surface area contributed by atoms with E-state index in [1.54, 1.807) is 17.1 Å². The van der Waals surface area contributed by atoms with E-state index in [9.17, 15) is 4.79 Å². The first-order chi connectivity index (χ1) is 11.2. The molecule has 0 radical (unpaired) electrons. The van der Waals surface area contributed by atoms with Crippen LogP contribution >= 0.6 is 0 Å². The Bertz CT molecular complexity index is 723. The molecule has 0 spiro atoms. The van der Waals surface area contributed by atoms with Crippen LogP contribution in [-0.4, -0.2) is 51.2 Å². The molecule has 23 heavy (non-hydrogen) atoms. The van der Waals surface area contributed by atoms with Gasteiger partial charge in [0.1, 0.15) is 6.10 Å². The van der Waals surface area contributed by atoms with Crippen molar-refractivity contribution in [2.24, 2.45) is 7.05 Å². The number of H-pyrrole nitrogens is 1. The first-order valence-electron chi connectivity index (χ1n) is 7.81. The highest BCUT2D eigenvalue weighted by molar-refractivity contribution is 5.94. The predicted octanol–water partition coefficient (Wildman–Crippen LogP) is 0.208. The Kier molecular flexibility index (Phi) is 3.53. The molecule has 8 heteroatoms. The molecule has 0 saturated carbocycles. The number of hydrogen-bond acceptors (Lipinski definition) is 5. The van der Waals surface area contributed by atoms with Gasteiger partial charge in [0.25, 0.3) is 5.91 Å². The SMILES string of the molecule is Cn1cc(O[C@@H]2COC[C@@H]2NC(=O)c2n[nH]c3c2CCC3)cn1. The van der Waals surface area contributed by atoms with Gasteiger partial charge in [0, 0.05) is 18.3 Å². The lowest BCUT2D eigenvalue weighted by Crippen LogP contribution is -2.45. The zero-order valence-electron chi connectivity index (χ0n) is 12.9. The molecule has 0 unspecified atom stereocenters. The third-order valence-corrected chi connectivity index (χ3v) is 4.33. The quantitative estimate of drug-likeness (QED) is 0.840. The van der Waals surface area contributed by atoms with E-state index in [0.29, 0.717) is 24.7 Å². The average molecular weight is 317 g/mol. The second-order valence-corrected chi connectivity index (χ2v) is 6.01. The summed E-state index contributed by atoms with van der Waals surface area (Å²) in [5.74, 6) is 0.502. The fourth-order valence-corrected chi connectivity index (χ4v) is 3.16. The number of carbonyl (C=O) groups is 1. The highest BCUT2D eigenvalue weighted by Gasteiger charge is 2.33. The number of aromatic nitrogens is 4. The van der Waals surface area contributed by atoms with Crippen molar-refractivity contribution < 1.29 is 14.3 Å². The van der Waals surface area contributed by atoms with E-state index >= 15 is 0 Å². The van der Waals surface area contributed by atoms with E-state index in [0.717, 1.165) is 30.5 Å². The molecular formula is C15H19N5O3. The lowest BCUT2D eigenvalue weighted by Gasteiger charge is -2.19. The van der Waals surface area contributed by atoms with Crippen LogP contribution in [0.2, 0.25) is 0 Å². The molecule has 2 atom stereocenters. The number of aromatic amines is 1. The fourth-order valence-electron chi connectivity index (χ4n) is 3.16. The van der Waals surface area contributed by atoms with Crippen LogP contribution in [-0.2, 0) is 24.6 Å². The molecule has 1 aliphatic heterocycles. The van der Waals surface area contributed by atoms with Crippen LogP contribution in [0.15, 0.2) is 12.4 Å². The summed E-state index contributed by atoms with van der Waals surface area (Å²) in [4.78, 5) is 12.5. The molecule has 2 aliphatic rings. The zero-order valence-corrected chi connectivity index (χ0v) is 12.9. The maximum Gasteiger partial charge on any atom is 0.272 e. The van der Waals surface area contributed by atoms with E-state index in [-0.39, 0.29) is 18.1 Å². The van der Waals surface area contributed by atoms with Crippen molar-refractivity contribution in [1.29, 1.82) is 0 Å². The molecule has 122 valence electrons. The van der Waals surface area contributed by atoms with Crippen LogP contribution in [0.5, 0.6) is 5.75 Å². The molecule has 1 saturated heterocycles. The molecule has 1 aliphatic carbocycles. The largest absolute Gasteiger partial charge is 0.482 e. The van der Waals surface area contributed by atoms with Crippen molar-refractivity contribution in [3.8, 4) is 5.75 Å². The van der Waals surface area contributed by atoms with Crippen LogP contribution in [0.1, 0.15) is 28.2 Å². The number of amides is 1. The summed E-state index contributed by atoms with van der Waals surface area (Å²) in [6, 6.07) is -0.198. The zero-order chi connectivity index (χ0) is 15.8.